The first-order chi connectivity index (χ1) is 12.3. The number of aliphatic imine (C=N–C) groups is 1. The fourth-order valence-corrected chi connectivity index (χ4v) is 2.61. The Morgan fingerprint density at radius 1 is 0.840 bits per heavy atom. The van der Waals surface area contributed by atoms with E-state index in [0.717, 1.165) is 27.7 Å². The van der Waals surface area contributed by atoms with Crippen LogP contribution in [0.4, 0.5) is 5.82 Å². The molecule has 120 valence electrons. The number of nitrogens with two attached hydrogens (primary N) is 1. The van der Waals surface area contributed by atoms with Crippen LogP contribution >= 0.6 is 0 Å². The highest BCUT2D eigenvalue weighted by atomic mass is 15.0. The highest BCUT2D eigenvalue weighted by molar-refractivity contribution is 6.02. The summed E-state index contributed by atoms with van der Waals surface area (Å²) in [6.07, 6.45) is 5.13. The van der Waals surface area contributed by atoms with E-state index in [2.05, 4.69) is 15.0 Å². The number of hydrogen-bond acceptors (Lipinski definition) is 4. The molecule has 0 amide bonds. The fraction of sp³-hybridized carbons (Fsp3) is 0. The molecule has 25 heavy (non-hydrogen) atoms. The van der Waals surface area contributed by atoms with Gasteiger partial charge in [0.1, 0.15) is 5.84 Å². The largest absolute Gasteiger partial charge is 0.383 e. The van der Waals surface area contributed by atoms with Gasteiger partial charge in [0.05, 0.1) is 11.4 Å². The van der Waals surface area contributed by atoms with E-state index < -0.39 is 0 Å². The molecule has 0 aliphatic rings. The van der Waals surface area contributed by atoms with Crippen LogP contribution < -0.4 is 5.73 Å². The molecule has 5 nitrogen and oxygen atoms in total. The Kier molecular flexibility index (Phi) is 3.88. The van der Waals surface area contributed by atoms with Gasteiger partial charge in [-0.15, -0.1) is 0 Å². The maximum atomic E-state index is 6.17. The lowest BCUT2D eigenvalue weighted by molar-refractivity contribution is 1.24. The lowest BCUT2D eigenvalue weighted by Gasteiger charge is -2.07. The van der Waals surface area contributed by atoms with Gasteiger partial charge in [-0.05, 0) is 35.7 Å². The molecule has 1 aromatic carbocycles. The molecule has 0 aliphatic carbocycles. The summed E-state index contributed by atoms with van der Waals surface area (Å²) in [5.74, 6) is 0.978. The molecular formula is C20H15N5. The third-order valence-corrected chi connectivity index (χ3v) is 3.85. The third kappa shape index (κ3) is 3.07. The zero-order valence-electron chi connectivity index (χ0n) is 13.4. The number of fused-ring (bicyclic) bond motifs is 1. The van der Waals surface area contributed by atoms with Crippen molar-refractivity contribution in [3.05, 3.63) is 84.8 Å². The molecule has 4 aromatic rings. The Labute approximate surface area is 144 Å². The van der Waals surface area contributed by atoms with Gasteiger partial charge in [0.25, 0.3) is 0 Å². The van der Waals surface area contributed by atoms with Gasteiger partial charge in [-0.25, -0.2) is 9.98 Å². The summed E-state index contributed by atoms with van der Waals surface area (Å²) in [6.45, 7) is 0. The SMILES string of the molecule is NC(=Nc1nc(-c2ccccn2)cc2ccccc12)c1ccncc1. The summed E-state index contributed by atoms with van der Waals surface area (Å²) in [4.78, 5) is 17.7. The van der Waals surface area contributed by atoms with E-state index in [4.69, 9.17) is 10.7 Å². The summed E-state index contributed by atoms with van der Waals surface area (Å²) in [5.41, 5.74) is 8.55. The number of rotatable bonds is 3. The van der Waals surface area contributed by atoms with Crippen LogP contribution in [0.3, 0.4) is 0 Å². The number of amidine groups is 1. The lowest BCUT2D eigenvalue weighted by atomic mass is 10.1. The molecule has 4 rings (SSSR count). The molecule has 0 radical (unpaired) electrons. The Morgan fingerprint density at radius 3 is 2.44 bits per heavy atom. The molecule has 0 fully saturated rings. The normalized spacial score (nSPS) is 11.6. The van der Waals surface area contributed by atoms with E-state index in [1.54, 1.807) is 18.6 Å². The van der Waals surface area contributed by atoms with Gasteiger partial charge in [-0.2, -0.15) is 0 Å². The molecule has 2 N–H and O–H groups in total. The van der Waals surface area contributed by atoms with Gasteiger partial charge in [0.15, 0.2) is 5.82 Å². The van der Waals surface area contributed by atoms with E-state index in [1.807, 2.05) is 60.7 Å². The van der Waals surface area contributed by atoms with Crippen molar-refractivity contribution in [3.8, 4) is 11.4 Å². The van der Waals surface area contributed by atoms with E-state index in [-0.39, 0.29) is 0 Å². The number of hydrogen-bond donors (Lipinski definition) is 1. The average molecular weight is 325 g/mol. The maximum absolute atomic E-state index is 6.17. The highest BCUT2D eigenvalue weighted by Gasteiger charge is 2.09. The van der Waals surface area contributed by atoms with Crippen molar-refractivity contribution < 1.29 is 0 Å². The molecule has 3 heterocycles. The summed E-state index contributed by atoms with van der Waals surface area (Å²) < 4.78 is 0. The van der Waals surface area contributed by atoms with Gasteiger partial charge in [0.2, 0.25) is 0 Å². The van der Waals surface area contributed by atoms with Crippen molar-refractivity contribution >= 4 is 22.4 Å². The molecule has 0 spiro atoms. The third-order valence-electron chi connectivity index (χ3n) is 3.85. The molecule has 5 heteroatoms. The monoisotopic (exact) mass is 325 g/mol. The van der Waals surface area contributed by atoms with Crippen LogP contribution in [0, 0.1) is 0 Å². The molecule has 0 aliphatic heterocycles. The van der Waals surface area contributed by atoms with Crippen LogP contribution in [0.25, 0.3) is 22.2 Å². The van der Waals surface area contributed by atoms with Gasteiger partial charge < -0.3 is 5.73 Å². The first-order valence-corrected chi connectivity index (χ1v) is 7.87. The zero-order chi connectivity index (χ0) is 17.1. The van der Waals surface area contributed by atoms with Crippen LogP contribution in [0.15, 0.2) is 84.2 Å². The summed E-state index contributed by atoms with van der Waals surface area (Å²) in [5, 5.41) is 1.98. The summed E-state index contributed by atoms with van der Waals surface area (Å²) in [6, 6.07) is 19.4. The topological polar surface area (TPSA) is 77.0 Å². The van der Waals surface area contributed by atoms with Crippen molar-refractivity contribution in [2.24, 2.45) is 10.7 Å². The highest BCUT2D eigenvalue weighted by Crippen LogP contribution is 2.28. The summed E-state index contributed by atoms with van der Waals surface area (Å²) in [7, 11) is 0. The molecule has 0 unspecified atom stereocenters. The maximum Gasteiger partial charge on any atom is 0.162 e. The minimum Gasteiger partial charge on any atom is -0.383 e. The molecule has 0 saturated heterocycles. The van der Waals surface area contributed by atoms with Crippen LogP contribution in [0.2, 0.25) is 0 Å². The first kappa shape index (κ1) is 15.0. The number of nitrogens with zero attached hydrogens (tertiary/aromatic N) is 4. The van der Waals surface area contributed by atoms with Crippen molar-refractivity contribution in [1.82, 2.24) is 15.0 Å². The van der Waals surface area contributed by atoms with E-state index in [9.17, 15) is 0 Å². The fourth-order valence-electron chi connectivity index (χ4n) is 2.61. The Bertz CT molecular complexity index is 1040. The molecule has 3 aromatic heterocycles. The molecule has 0 saturated carbocycles. The van der Waals surface area contributed by atoms with Crippen LogP contribution in [0.5, 0.6) is 0 Å². The summed E-state index contributed by atoms with van der Waals surface area (Å²) >= 11 is 0. The predicted molar refractivity (Wildman–Crippen MR) is 99.6 cm³/mol. The van der Waals surface area contributed by atoms with Crippen LogP contribution in [-0.2, 0) is 0 Å². The van der Waals surface area contributed by atoms with Crippen molar-refractivity contribution in [3.63, 3.8) is 0 Å². The zero-order valence-corrected chi connectivity index (χ0v) is 13.4. The first-order valence-electron chi connectivity index (χ1n) is 7.87. The van der Waals surface area contributed by atoms with Crippen molar-refractivity contribution in [2.45, 2.75) is 0 Å². The number of pyridine rings is 3. The van der Waals surface area contributed by atoms with E-state index >= 15 is 0 Å². The van der Waals surface area contributed by atoms with Gasteiger partial charge in [-0.3, -0.25) is 9.97 Å². The minimum absolute atomic E-state index is 0.401. The minimum atomic E-state index is 0.401. The van der Waals surface area contributed by atoms with Crippen molar-refractivity contribution in [1.29, 1.82) is 0 Å². The van der Waals surface area contributed by atoms with Gasteiger partial charge in [0, 0.05) is 29.5 Å². The molecule has 0 atom stereocenters. The quantitative estimate of drug-likeness (QED) is 0.460. The lowest BCUT2D eigenvalue weighted by Crippen LogP contribution is -2.12. The Balaban J connectivity index is 1.90. The second-order valence-corrected chi connectivity index (χ2v) is 5.50. The molecule has 0 bridgehead atoms. The van der Waals surface area contributed by atoms with Gasteiger partial charge in [-0.1, -0.05) is 30.3 Å². The van der Waals surface area contributed by atoms with Crippen LogP contribution in [0.1, 0.15) is 5.56 Å². The second kappa shape index (κ2) is 6.49. The number of aromatic nitrogens is 3. The number of benzene rings is 1. The van der Waals surface area contributed by atoms with Gasteiger partial charge >= 0.3 is 0 Å². The van der Waals surface area contributed by atoms with Crippen molar-refractivity contribution in [2.75, 3.05) is 0 Å². The van der Waals surface area contributed by atoms with E-state index in [0.29, 0.717) is 11.7 Å². The predicted octanol–water partition coefficient (Wildman–Crippen LogP) is 3.73. The van der Waals surface area contributed by atoms with Crippen LogP contribution in [-0.4, -0.2) is 20.8 Å². The molecular weight excluding hydrogens is 310 g/mol. The second-order valence-electron chi connectivity index (χ2n) is 5.50. The average Bonchev–Trinajstić information content (AvgIpc) is 2.69. The standard InChI is InChI=1S/C20H15N5/c21-19(14-8-11-22-12-9-14)25-20-16-6-2-1-5-15(16)13-18(24-20)17-7-3-4-10-23-17/h1-13H,(H2,21,24,25). The smallest absolute Gasteiger partial charge is 0.162 e. The van der Waals surface area contributed by atoms with E-state index in [1.165, 1.54) is 0 Å². The Hall–Kier alpha value is -3.60. The Morgan fingerprint density at radius 2 is 1.64 bits per heavy atom.